The second-order valence-electron chi connectivity index (χ2n) is 6.81. The maximum absolute atomic E-state index is 12.7. The topological polar surface area (TPSA) is 109 Å². The number of benzene rings is 1. The van der Waals surface area contributed by atoms with Crippen LogP contribution in [-0.2, 0) is 16.0 Å². The zero-order valence-electron chi connectivity index (χ0n) is 14.8. The summed E-state index contributed by atoms with van der Waals surface area (Å²) in [5.41, 5.74) is 6.83. The Kier molecular flexibility index (Phi) is 5.91. The van der Waals surface area contributed by atoms with Crippen molar-refractivity contribution in [3.8, 4) is 0 Å². The van der Waals surface area contributed by atoms with Crippen molar-refractivity contribution in [3.63, 3.8) is 0 Å². The summed E-state index contributed by atoms with van der Waals surface area (Å²) >= 11 is 1.30. The molecule has 0 saturated heterocycles. The molecule has 2 amide bonds. The number of anilines is 1. The normalized spacial score (nSPS) is 19.4. The largest absolute Gasteiger partial charge is 0.481 e. The molecule has 0 bridgehead atoms. The van der Waals surface area contributed by atoms with E-state index >= 15 is 0 Å². The molecule has 4 N–H and O–H groups in total. The minimum absolute atomic E-state index is 0.266. The summed E-state index contributed by atoms with van der Waals surface area (Å²) in [6.07, 6.45) is 3.31. The molecule has 6 nitrogen and oxygen atoms in total. The van der Waals surface area contributed by atoms with Crippen LogP contribution in [0, 0.1) is 11.8 Å². The number of aliphatic carboxylic acids is 1. The molecule has 1 fully saturated rings. The lowest BCUT2D eigenvalue weighted by Crippen LogP contribution is -2.36. The average Bonchev–Trinajstić information content (AvgIpc) is 3.05. The van der Waals surface area contributed by atoms with Crippen LogP contribution in [0.2, 0.25) is 0 Å². The molecule has 142 valence electrons. The van der Waals surface area contributed by atoms with Crippen molar-refractivity contribution in [2.45, 2.75) is 32.1 Å². The Morgan fingerprint density at radius 3 is 2.41 bits per heavy atom. The van der Waals surface area contributed by atoms with Crippen molar-refractivity contribution in [1.29, 1.82) is 0 Å². The zero-order valence-corrected chi connectivity index (χ0v) is 15.6. The molecule has 2 atom stereocenters. The van der Waals surface area contributed by atoms with Crippen LogP contribution in [0.1, 0.15) is 46.5 Å². The number of hydrogen-bond acceptors (Lipinski definition) is 4. The van der Waals surface area contributed by atoms with E-state index in [9.17, 15) is 19.5 Å². The molecule has 0 spiro atoms. The molecule has 1 aromatic carbocycles. The Hall–Kier alpha value is -2.67. The molecule has 2 aromatic rings. The average molecular weight is 386 g/mol. The van der Waals surface area contributed by atoms with Crippen LogP contribution in [0.25, 0.3) is 0 Å². The van der Waals surface area contributed by atoms with Crippen LogP contribution in [0.15, 0.2) is 36.4 Å². The van der Waals surface area contributed by atoms with Gasteiger partial charge >= 0.3 is 5.97 Å². The van der Waals surface area contributed by atoms with Crippen molar-refractivity contribution >= 4 is 34.1 Å². The first kappa shape index (κ1) is 19.1. The fourth-order valence-electron chi connectivity index (χ4n) is 3.55. The summed E-state index contributed by atoms with van der Waals surface area (Å²) in [6.45, 7) is 0. The molecule has 3 rings (SSSR count). The summed E-state index contributed by atoms with van der Waals surface area (Å²) < 4.78 is 0. The van der Waals surface area contributed by atoms with Gasteiger partial charge in [-0.2, -0.15) is 0 Å². The van der Waals surface area contributed by atoms with Gasteiger partial charge in [0.15, 0.2) is 0 Å². The number of carbonyl (C=O) groups is 3. The number of nitrogens with one attached hydrogen (secondary N) is 1. The highest BCUT2D eigenvalue weighted by Gasteiger charge is 2.36. The molecule has 1 aliphatic rings. The Bertz CT molecular complexity index is 847. The van der Waals surface area contributed by atoms with E-state index in [0.29, 0.717) is 24.3 Å². The van der Waals surface area contributed by atoms with E-state index in [2.05, 4.69) is 5.32 Å². The molecule has 1 saturated carbocycles. The van der Waals surface area contributed by atoms with Crippen LogP contribution in [0.5, 0.6) is 0 Å². The maximum Gasteiger partial charge on any atom is 0.307 e. The molecule has 27 heavy (non-hydrogen) atoms. The number of hydrogen-bond donors (Lipinski definition) is 3. The molecular formula is C20H22N2O4S. The summed E-state index contributed by atoms with van der Waals surface area (Å²) in [7, 11) is 0. The summed E-state index contributed by atoms with van der Waals surface area (Å²) in [5.74, 6) is -3.17. The van der Waals surface area contributed by atoms with Gasteiger partial charge in [-0.15, -0.1) is 11.3 Å². The van der Waals surface area contributed by atoms with Gasteiger partial charge in [-0.1, -0.05) is 43.2 Å². The first-order chi connectivity index (χ1) is 13.0. The third-order valence-corrected chi connectivity index (χ3v) is 5.98. The highest BCUT2D eigenvalue weighted by atomic mass is 32.1. The second-order valence-corrected chi connectivity index (χ2v) is 7.94. The van der Waals surface area contributed by atoms with Gasteiger partial charge in [0.2, 0.25) is 5.91 Å². The van der Waals surface area contributed by atoms with Crippen LogP contribution < -0.4 is 11.1 Å². The fraction of sp³-hybridized carbons (Fsp3) is 0.350. The van der Waals surface area contributed by atoms with Gasteiger partial charge in [0, 0.05) is 11.3 Å². The number of rotatable bonds is 6. The van der Waals surface area contributed by atoms with Crippen molar-refractivity contribution < 1.29 is 19.5 Å². The fourth-order valence-corrected chi connectivity index (χ4v) is 4.65. The Morgan fingerprint density at radius 2 is 1.78 bits per heavy atom. The maximum atomic E-state index is 12.7. The van der Waals surface area contributed by atoms with Gasteiger partial charge < -0.3 is 16.2 Å². The lowest BCUT2D eigenvalue weighted by molar-refractivity contribution is -0.147. The Labute approximate surface area is 161 Å². The van der Waals surface area contributed by atoms with Gasteiger partial charge in [0.25, 0.3) is 5.91 Å². The quantitative estimate of drug-likeness (QED) is 0.708. The lowest BCUT2D eigenvalue weighted by atomic mass is 9.79. The number of primary amides is 1. The zero-order chi connectivity index (χ0) is 19.4. The molecule has 1 aliphatic carbocycles. The van der Waals surface area contributed by atoms with Gasteiger partial charge in [0.1, 0.15) is 5.00 Å². The second kappa shape index (κ2) is 8.35. The van der Waals surface area contributed by atoms with Crippen LogP contribution in [0.4, 0.5) is 5.00 Å². The highest BCUT2D eigenvalue weighted by Crippen LogP contribution is 2.34. The third kappa shape index (κ3) is 4.54. The summed E-state index contributed by atoms with van der Waals surface area (Å²) in [5, 5.41) is 12.5. The highest BCUT2D eigenvalue weighted by molar-refractivity contribution is 7.16. The van der Waals surface area contributed by atoms with Crippen LogP contribution in [0.3, 0.4) is 0 Å². The first-order valence-corrected chi connectivity index (χ1v) is 9.77. The SMILES string of the molecule is NC(=O)c1cc(Cc2ccccc2)sc1NC(=O)[C@@H]1CCCC[C@H]1C(=O)O. The predicted molar refractivity (Wildman–Crippen MR) is 104 cm³/mol. The van der Waals surface area contributed by atoms with E-state index < -0.39 is 23.7 Å². The molecule has 0 radical (unpaired) electrons. The van der Waals surface area contributed by atoms with E-state index in [4.69, 9.17) is 5.73 Å². The molecule has 0 aliphatic heterocycles. The van der Waals surface area contributed by atoms with E-state index in [-0.39, 0.29) is 11.5 Å². The summed E-state index contributed by atoms with van der Waals surface area (Å²) in [4.78, 5) is 36.9. The van der Waals surface area contributed by atoms with Gasteiger partial charge in [0.05, 0.1) is 17.4 Å². The van der Waals surface area contributed by atoms with E-state index in [1.807, 2.05) is 30.3 Å². The third-order valence-electron chi connectivity index (χ3n) is 4.93. The Balaban J connectivity index is 1.79. The minimum atomic E-state index is -0.944. The van der Waals surface area contributed by atoms with E-state index in [0.717, 1.165) is 23.3 Å². The van der Waals surface area contributed by atoms with Gasteiger partial charge in [-0.25, -0.2) is 0 Å². The van der Waals surface area contributed by atoms with Crippen molar-refractivity contribution in [2.24, 2.45) is 17.6 Å². The number of carboxylic acid groups (broad SMARTS) is 1. The Morgan fingerprint density at radius 1 is 1.11 bits per heavy atom. The molecule has 7 heteroatoms. The van der Waals surface area contributed by atoms with Gasteiger partial charge in [-0.05, 0) is 24.5 Å². The molecular weight excluding hydrogens is 364 g/mol. The monoisotopic (exact) mass is 386 g/mol. The first-order valence-electron chi connectivity index (χ1n) is 8.96. The van der Waals surface area contributed by atoms with Gasteiger partial charge in [-0.3, -0.25) is 14.4 Å². The summed E-state index contributed by atoms with van der Waals surface area (Å²) in [6, 6.07) is 11.5. The van der Waals surface area contributed by atoms with Crippen molar-refractivity contribution in [2.75, 3.05) is 5.32 Å². The number of thiophene rings is 1. The molecule has 1 heterocycles. The lowest BCUT2D eigenvalue weighted by Gasteiger charge is -2.27. The minimum Gasteiger partial charge on any atom is -0.481 e. The van der Waals surface area contributed by atoms with Crippen molar-refractivity contribution in [1.82, 2.24) is 0 Å². The predicted octanol–water partition coefficient (Wildman–Crippen LogP) is 3.27. The molecule has 1 aromatic heterocycles. The van der Waals surface area contributed by atoms with E-state index in [1.165, 1.54) is 11.3 Å². The van der Waals surface area contributed by atoms with Crippen LogP contribution >= 0.6 is 11.3 Å². The molecule has 0 unspecified atom stereocenters. The van der Waals surface area contributed by atoms with E-state index in [1.54, 1.807) is 6.07 Å². The van der Waals surface area contributed by atoms with Crippen LogP contribution in [-0.4, -0.2) is 22.9 Å². The number of carboxylic acids is 1. The van der Waals surface area contributed by atoms with Crippen molar-refractivity contribution in [3.05, 3.63) is 52.4 Å². The standard InChI is InChI=1S/C20H22N2O4S/c21-17(23)16-11-13(10-12-6-2-1-3-7-12)27-19(16)22-18(24)14-8-4-5-9-15(14)20(25)26/h1-3,6-7,11,14-15H,4-5,8-10H2,(H2,21,23)(H,22,24)(H,25,26)/t14-,15-/m1/s1. The number of nitrogens with two attached hydrogens (primary N) is 1. The smallest absolute Gasteiger partial charge is 0.307 e. The number of carbonyl (C=O) groups excluding carboxylic acids is 2. The number of amides is 2.